The van der Waals surface area contributed by atoms with Crippen LogP contribution in [0.15, 0.2) is 59.8 Å². The molecule has 0 amide bonds. The first kappa shape index (κ1) is 21.9. The molecule has 0 spiro atoms. The molecule has 3 N–H and O–H groups in total. The van der Waals surface area contributed by atoms with Crippen LogP contribution in [0.2, 0.25) is 0 Å². The van der Waals surface area contributed by atoms with Crippen LogP contribution >= 0.6 is 24.0 Å². The predicted molar refractivity (Wildman–Crippen MR) is 117 cm³/mol. The molecule has 14 heteroatoms. The molecule has 0 radical (unpaired) electrons. The van der Waals surface area contributed by atoms with Gasteiger partial charge in [0.25, 0.3) is 0 Å². The Morgan fingerprint density at radius 3 is 2.06 bits per heavy atom. The SMILES string of the molecule is CSc1nn[nH]n1.Cc1ccc(-c2nn[nH]n2)cc1.S=c1nn[nH]n1-c1ccccc1. The van der Waals surface area contributed by atoms with Crippen molar-refractivity contribution in [3.63, 3.8) is 0 Å². The summed E-state index contributed by atoms with van der Waals surface area (Å²) in [6.45, 7) is 2.04. The molecule has 0 saturated carbocycles. The topological polar surface area (TPSA) is 155 Å². The summed E-state index contributed by atoms with van der Waals surface area (Å²) < 4.78 is 2.07. The number of H-pyrrole nitrogens is 3. The van der Waals surface area contributed by atoms with Crippen LogP contribution in [0, 0.1) is 11.7 Å². The molecule has 3 heterocycles. The number of hydrogen-bond acceptors (Lipinski definition) is 10. The number of aromatic amines is 3. The molecule has 0 saturated heterocycles. The monoisotopic (exact) mass is 454 g/mol. The van der Waals surface area contributed by atoms with Crippen LogP contribution in [0.25, 0.3) is 17.1 Å². The fraction of sp³-hybridized carbons (Fsp3) is 0.118. The van der Waals surface area contributed by atoms with Crippen molar-refractivity contribution in [3.05, 3.63) is 64.9 Å². The molecule has 0 atom stereocenters. The maximum Gasteiger partial charge on any atom is 0.242 e. The summed E-state index contributed by atoms with van der Waals surface area (Å²) in [7, 11) is 0. The van der Waals surface area contributed by atoms with Gasteiger partial charge in [-0.2, -0.15) is 15.6 Å². The van der Waals surface area contributed by atoms with Crippen LogP contribution in [0.3, 0.4) is 0 Å². The van der Waals surface area contributed by atoms with E-state index in [1.807, 2.05) is 67.8 Å². The highest BCUT2D eigenvalue weighted by Gasteiger charge is 2.00. The number of aryl methyl sites for hydroxylation is 1. The Morgan fingerprint density at radius 2 is 1.55 bits per heavy atom. The lowest BCUT2D eigenvalue weighted by Gasteiger charge is -1.97. The van der Waals surface area contributed by atoms with E-state index < -0.39 is 0 Å². The lowest BCUT2D eigenvalue weighted by molar-refractivity contribution is 0.786. The van der Waals surface area contributed by atoms with Gasteiger partial charge in [0.2, 0.25) is 15.8 Å². The van der Waals surface area contributed by atoms with Crippen LogP contribution in [-0.2, 0) is 0 Å². The zero-order chi connectivity index (χ0) is 21.9. The molecule has 2 aromatic carbocycles. The van der Waals surface area contributed by atoms with Crippen molar-refractivity contribution < 1.29 is 0 Å². The molecule has 0 fully saturated rings. The smallest absolute Gasteiger partial charge is 0.210 e. The largest absolute Gasteiger partial charge is 0.242 e. The molecule has 5 rings (SSSR count). The van der Waals surface area contributed by atoms with Crippen molar-refractivity contribution in [2.45, 2.75) is 12.1 Å². The number of thioether (sulfide) groups is 1. The van der Waals surface area contributed by atoms with E-state index in [-0.39, 0.29) is 0 Å². The van der Waals surface area contributed by atoms with Gasteiger partial charge in [0, 0.05) is 5.56 Å². The quantitative estimate of drug-likeness (QED) is 0.273. The van der Waals surface area contributed by atoms with Crippen molar-refractivity contribution in [1.82, 2.24) is 61.5 Å². The number of nitrogens with one attached hydrogen (secondary N) is 3. The average molecular weight is 455 g/mol. The van der Waals surface area contributed by atoms with E-state index in [1.54, 1.807) is 4.68 Å². The van der Waals surface area contributed by atoms with Gasteiger partial charge in [-0.05, 0) is 48.0 Å². The average Bonchev–Trinajstić information content (AvgIpc) is 3.59. The minimum atomic E-state index is 0.432. The molecule has 158 valence electrons. The first-order chi connectivity index (χ1) is 15.2. The third-order valence-electron chi connectivity index (χ3n) is 3.65. The van der Waals surface area contributed by atoms with Crippen molar-refractivity contribution >= 4 is 24.0 Å². The van der Waals surface area contributed by atoms with E-state index in [9.17, 15) is 0 Å². The third-order valence-corrected chi connectivity index (χ3v) is 4.45. The van der Waals surface area contributed by atoms with Crippen molar-refractivity contribution in [2.75, 3.05) is 6.26 Å². The van der Waals surface area contributed by atoms with E-state index in [0.717, 1.165) is 11.3 Å². The highest BCUT2D eigenvalue weighted by atomic mass is 32.2. The Balaban J connectivity index is 0.000000137. The summed E-state index contributed by atoms with van der Waals surface area (Å²) in [5, 5.41) is 37.2. The summed E-state index contributed by atoms with van der Waals surface area (Å²) in [5.74, 6) is 0.634. The van der Waals surface area contributed by atoms with Gasteiger partial charge >= 0.3 is 0 Å². The zero-order valence-electron chi connectivity index (χ0n) is 16.5. The summed E-state index contributed by atoms with van der Waals surface area (Å²) in [6, 6.07) is 17.6. The zero-order valence-corrected chi connectivity index (χ0v) is 18.2. The van der Waals surface area contributed by atoms with E-state index in [2.05, 4.69) is 56.8 Å². The number of hydrogen-bond donors (Lipinski definition) is 3. The highest BCUT2D eigenvalue weighted by Crippen LogP contribution is 2.12. The summed E-state index contributed by atoms with van der Waals surface area (Å²) in [5.41, 5.74) is 3.14. The number of rotatable bonds is 3. The second-order valence-corrected chi connectivity index (χ2v) is 6.89. The number of para-hydroxylation sites is 1. The van der Waals surface area contributed by atoms with Crippen LogP contribution in [0.5, 0.6) is 0 Å². The number of aromatic nitrogens is 12. The Labute approximate surface area is 185 Å². The van der Waals surface area contributed by atoms with Gasteiger partial charge in [-0.15, -0.1) is 20.4 Å². The van der Waals surface area contributed by atoms with Gasteiger partial charge in [-0.25, -0.2) is 4.68 Å². The van der Waals surface area contributed by atoms with Crippen LogP contribution in [0.1, 0.15) is 5.56 Å². The van der Waals surface area contributed by atoms with E-state index in [4.69, 9.17) is 12.2 Å². The summed E-state index contributed by atoms with van der Waals surface area (Å²) >= 11 is 6.38. The standard InChI is InChI=1S/C8H8N4.C7H6N4S.C2H4N4S/c1-6-2-4-7(5-3-6)8-9-11-12-10-8;12-7-8-9-10-11(7)6-4-2-1-3-5-6;1-7-2-3-5-6-4-2/h2-5H,1H3,(H,9,10,11,12);1-5H,(H,8,10,12);1H3,(H,3,4,5,6). The first-order valence-electron chi connectivity index (χ1n) is 8.81. The van der Waals surface area contributed by atoms with E-state index in [1.165, 1.54) is 17.3 Å². The van der Waals surface area contributed by atoms with E-state index >= 15 is 0 Å². The number of nitrogens with zero attached hydrogens (tertiary/aromatic N) is 9. The molecule has 0 aliphatic heterocycles. The minimum absolute atomic E-state index is 0.432. The molecule has 3 aromatic heterocycles. The molecule has 0 unspecified atom stereocenters. The van der Waals surface area contributed by atoms with Crippen LogP contribution < -0.4 is 0 Å². The Bertz CT molecular complexity index is 1180. The minimum Gasteiger partial charge on any atom is -0.210 e. The van der Waals surface area contributed by atoms with Gasteiger partial charge in [0.05, 0.1) is 5.69 Å². The lowest BCUT2D eigenvalue weighted by Crippen LogP contribution is -1.95. The molecule has 0 aliphatic carbocycles. The third kappa shape index (κ3) is 6.61. The van der Waals surface area contributed by atoms with Gasteiger partial charge < -0.3 is 0 Å². The molecular formula is C17H18N12S2. The summed E-state index contributed by atoms with van der Waals surface area (Å²) in [4.78, 5) is 0. The van der Waals surface area contributed by atoms with Gasteiger partial charge in [0.1, 0.15) is 0 Å². The molecule has 5 aromatic rings. The van der Waals surface area contributed by atoms with Gasteiger partial charge in [-0.1, -0.05) is 70.1 Å². The number of tetrazole rings is 3. The predicted octanol–water partition coefficient (Wildman–Crippen LogP) is 2.42. The molecule has 0 aliphatic rings. The van der Waals surface area contributed by atoms with E-state index in [0.29, 0.717) is 15.8 Å². The first-order valence-corrected chi connectivity index (χ1v) is 10.4. The lowest BCUT2D eigenvalue weighted by atomic mass is 10.1. The maximum atomic E-state index is 4.93. The van der Waals surface area contributed by atoms with Gasteiger partial charge in [-0.3, -0.25) is 0 Å². The molecule has 12 nitrogen and oxygen atoms in total. The Hall–Kier alpha value is -3.78. The maximum absolute atomic E-state index is 4.93. The highest BCUT2D eigenvalue weighted by molar-refractivity contribution is 7.98. The normalized spacial score (nSPS) is 9.87. The fourth-order valence-electron chi connectivity index (χ4n) is 2.17. The molecule has 31 heavy (non-hydrogen) atoms. The number of benzene rings is 2. The van der Waals surface area contributed by atoms with Crippen LogP contribution in [0.4, 0.5) is 0 Å². The Kier molecular flexibility index (Phi) is 8.07. The Morgan fingerprint density at radius 1 is 0.839 bits per heavy atom. The fourth-order valence-corrected chi connectivity index (χ4v) is 2.61. The second kappa shape index (κ2) is 11.4. The summed E-state index contributed by atoms with van der Waals surface area (Å²) in [6.07, 6.45) is 1.89. The van der Waals surface area contributed by atoms with Crippen molar-refractivity contribution in [1.29, 1.82) is 0 Å². The molecular weight excluding hydrogens is 436 g/mol. The molecule has 0 bridgehead atoms. The van der Waals surface area contributed by atoms with Crippen molar-refractivity contribution in [3.8, 4) is 17.1 Å². The van der Waals surface area contributed by atoms with Gasteiger partial charge in [0.15, 0.2) is 0 Å². The van der Waals surface area contributed by atoms with Crippen molar-refractivity contribution in [2.24, 2.45) is 0 Å². The second-order valence-electron chi connectivity index (χ2n) is 5.75. The van der Waals surface area contributed by atoms with Crippen LogP contribution in [-0.4, -0.2) is 67.7 Å².